The molecular weight excluding hydrogens is 445 g/mol. The minimum atomic E-state index is -5.08. The number of alkyl halides is 3. The molecule has 0 aliphatic carbocycles. The lowest BCUT2D eigenvalue weighted by Crippen LogP contribution is -2.50. The number of pyridine rings is 1. The molecule has 2 aliphatic heterocycles. The van der Waals surface area contributed by atoms with E-state index in [9.17, 15) is 18.0 Å². The summed E-state index contributed by atoms with van der Waals surface area (Å²) in [5, 5.41) is 7.12. The van der Waals surface area contributed by atoms with Crippen LogP contribution < -0.4 is 0 Å². The van der Waals surface area contributed by atoms with Crippen molar-refractivity contribution in [2.75, 3.05) is 19.7 Å². The molecule has 4 heterocycles. The maximum Gasteiger partial charge on any atom is 0.490 e. The van der Waals surface area contributed by atoms with Crippen molar-refractivity contribution in [2.24, 2.45) is 0 Å². The topological polar surface area (TPSA) is 102 Å². The van der Waals surface area contributed by atoms with Gasteiger partial charge in [0.05, 0.1) is 37.6 Å². The Morgan fingerprint density at radius 1 is 1.27 bits per heavy atom. The van der Waals surface area contributed by atoms with Crippen LogP contribution in [0.15, 0.2) is 47.3 Å². The number of carboxylic acids is 1. The summed E-state index contributed by atoms with van der Waals surface area (Å²) in [6, 6.07) is 7.57. The number of likely N-dealkylation sites (tertiary alicyclic amines) is 1. The Hall–Kier alpha value is -2.92. The molecule has 8 nitrogen and oxygen atoms in total. The molecular formula is C22H25F3N2O6. The Balaban J connectivity index is 0.000000383. The number of carboxylic acid groups (broad SMARTS) is 1. The quantitative estimate of drug-likeness (QED) is 0.716. The monoisotopic (exact) mass is 470 g/mol. The summed E-state index contributed by atoms with van der Waals surface area (Å²) < 4.78 is 49.2. The van der Waals surface area contributed by atoms with Crippen molar-refractivity contribution in [3.63, 3.8) is 0 Å². The van der Waals surface area contributed by atoms with Gasteiger partial charge < -0.3 is 23.9 Å². The Bertz CT molecular complexity index is 907. The lowest BCUT2D eigenvalue weighted by molar-refractivity contribution is -0.192. The molecule has 0 saturated carbocycles. The van der Waals surface area contributed by atoms with E-state index in [0.29, 0.717) is 31.9 Å². The molecule has 2 aliphatic rings. The van der Waals surface area contributed by atoms with Crippen molar-refractivity contribution >= 4 is 11.9 Å². The second-order valence-electron chi connectivity index (χ2n) is 7.96. The second-order valence-corrected chi connectivity index (χ2v) is 7.96. The van der Waals surface area contributed by atoms with E-state index in [0.717, 1.165) is 31.4 Å². The Morgan fingerprint density at radius 3 is 2.64 bits per heavy atom. The van der Waals surface area contributed by atoms with Crippen molar-refractivity contribution in [2.45, 2.75) is 50.2 Å². The number of ether oxygens (including phenoxy) is 2. The molecule has 2 aromatic rings. The minimum absolute atomic E-state index is 0.0725. The smallest absolute Gasteiger partial charge is 0.475 e. The van der Waals surface area contributed by atoms with E-state index in [1.807, 2.05) is 29.2 Å². The van der Waals surface area contributed by atoms with Gasteiger partial charge in [-0.3, -0.25) is 9.78 Å². The number of carbonyl (C=O) groups excluding carboxylic acids is 1. The molecule has 33 heavy (non-hydrogen) atoms. The first kappa shape index (κ1) is 24.7. The van der Waals surface area contributed by atoms with Crippen LogP contribution in [0.5, 0.6) is 0 Å². The van der Waals surface area contributed by atoms with Crippen LogP contribution in [0.1, 0.15) is 30.6 Å². The molecule has 180 valence electrons. The van der Waals surface area contributed by atoms with E-state index < -0.39 is 12.1 Å². The third-order valence-electron chi connectivity index (χ3n) is 5.45. The van der Waals surface area contributed by atoms with Crippen molar-refractivity contribution in [1.29, 1.82) is 0 Å². The fourth-order valence-electron chi connectivity index (χ4n) is 3.87. The number of rotatable bonds is 5. The predicted molar refractivity (Wildman–Crippen MR) is 108 cm³/mol. The van der Waals surface area contributed by atoms with Crippen LogP contribution in [-0.2, 0) is 32.1 Å². The molecule has 2 fully saturated rings. The Kier molecular flexibility index (Phi) is 8.09. The first-order chi connectivity index (χ1) is 15.7. The maximum atomic E-state index is 12.6. The lowest BCUT2D eigenvalue weighted by Gasteiger charge is -2.39. The van der Waals surface area contributed by atoms with E-state index >= 15 is 0 Å². The first-order valence-corrected chi connectivity index (χ1v) is 10.4. The Labute approximate surface area is 188 Å². The molecule has 11 heteroatoms. The van der Waals surface area contributed by atoms with Gasteiger partial charge in [0, 0.05) is 31.9 Å². The fraction of sp³-hybridized carbons (Fsp3) is 0.500. The third kappa shape index (κ3) is 7.29. The van der Waals surface area contributed by atoms with Gasteiger partial charge >= 0.3 is 12.1 Å². The summed E-state index contributed by atoms with van der Waals surface area (Å²) in [5.41, 5.74) is 0.847. The molecule has 2 aromatic heterocycles. The molecule has 4 rings (SSSR count). The Morgan fingerprint density at radius 2 is 2.00 bits per heavy atom. The predicted octanol–water partition coefficient (Wildman–Crippen LogP) is 3.22. The maximum absolute atomic E-state index is 12.6. The highest BCUT2D eigenvalue weighted by molar-refractivity contribution is 5.78. The van der Waals surface area contributed by atoms with Crippen LogP contribution in [0.25, 0.3) is 0 Å². The number of halogens is 3. The van der Waals surface area contributed by atoms with Gasteiger partial charge in [0.15, 0.2) is 0 Å². The fourth-order valence-corrected chi connectivity index (χ4v) is 3.87. The van der Waals surface area contributed by atoms with Crippen LogP contribution >= 0.6 is 0 Å². The molecule has 2 saturated heterocycles. The van der Waals surface area contributed by atoms with E-state index in [2.05, 4.69) is 4.98 Å². The largest absolute Gasteiger partial charge is 0.490 e. The number of carbonyl (C=O) groups is 2. The summed E-state index contributed by atoms with van der Waals surface area (Å²) >= 11 is 0. The van der Waals surface area contributed by atoms with Crippen LogP contribution in [0, 0.1) is 0 Å². The number of hydrogen-bond acceptors (Lipinski definition) is 6. The van der Waals surface area contributed by atoms with E-state index in [1.165, 1.54) is 0 Å². The highest BCUT2D eigenvalue weighted by Crippen LogP contribution is 2.36. The van der Waals surface area contributed by atoms with E-state index in [-0.39, 0.29) is 17.6 Å². The van der Waals surface area contributed by atoms with Crippen molar-refractivity contribution in [1.82, 2.24) is 9.88 Å². The van der Waals surface area contributed by atoms with E-state index in [1.54, 1.807) is 18.7 Å². The van der Waals surface area contributed by atoms with Gasteiger partial charge in [-0.15, -0.1) is 0 Å². The number of hydrogen-bond donors (Lipinski definition) is 1. The van der Waals surface area contributed by atoms with Gasteiger partial charge in [-0.05, 0) is 42.7 Å². The van der Waals surface area contributed by atoms with E-state index in [4.69, 9.17) is 23.8 Å². The highest BCUT2D eigenvalue weighted by atomic mass is 19.4. The molecule has 0 unspecified atom stereocenters. The van der Waals surface area contributed by atoms with Crippen LogP contribution in [-0.4, -0.2) is 64.4 Å². The first-order valence-electron chi connectivity index (χ1n) is 10.4. The SMILES string of the molecule is O=C(Cc1ccco1)N1CCC[C@]2(C[C@@H](OCc3ccncc3)CO2)C1.O=C(O)C(F)(F)F. The van der Waals surface area contributed by atoms with Gasteiger partial charge in [0.2, 0.25) is 5.91 Å². The molecule has 0 radical (unpaired) electrons. The van der Waals surface area contributed by atoms with Crippen LogP contribution in [0.4, 0.5) is 13.2 Å². The summed E-state index contributed by atoms with van der Waals surface area (Å²) in [5.74, 6) is -1.95. The number of aliphatic carboxylic acids is 1. The average Bonchev–Trinajstić information content (AvgIpc) is 3.43. The van der Waals surface area contributed by atoms with Crippen molar-refractivity contribution < 1.29 is 41.8 Å². The number of piperidine rings is 1. The molecule has 0 bridgehead atoms. The third-order valence-corrected chi connectivity index (χ3v) is 5.45. The van der Waals surface area contributed by atoms with Crippen LogP contribution in [0.3, 0.4) is 0 Å². The summed E-state index contributed by atoms with van der Waals surface area (Å²) in [7, 11) is 0. The number of aromatic nitrogens is 1. The lowest BCUT2D eigenvalue weighted by atomic mass is 9.89. The minimum Gasteiger partial charge on any atom is -0.475 e. The number of nitrogens with zero attached hydrogens (tertiary/aromatic N) is 2. The van der Waals surface area contributed by atoms with Crippen LogP contribution in [0.2, 0.25) is 0 Å². The van der Waals surface area contributed by atoms with Gasteiger partial charge in [-0.1, -0.05) is 0 Å². The molecule has 1 spiro atoms. The normalized spacial score (nSPS) is 22.6. The summed E-state index contributed by atoms with van der Waals surface area (Å²) in [4.78, 5) is 27.4. The molecule has 1 amide bonds. The highest BCUT2D eigenvalue weighted by Gasteiger charge is 2.45. The van der Waals surface area contributed by atoms with Gasteiger partial charge in [0.25, 0.3) is 0 Å². The zero-order chi connectivity index (χ0) is 23.9. The van der Waals surface area contributed by atoms with Gasteiger partial charge in [0.1, 0.15) is 5.76 Å². The van der Waals surface area contributed by atoms with Crippen molar-refractivity contribution in [3.05, 3.63) is 54.2 Å². The zero-order valence-corrected chi connectivity index (χ0v) is 17.8. The number of amides is 1. The molecule has 1 N–H and O–H groups in total. The second kappa shape index (κ2) is 10.8. The zero-order valence-electron chi connectivity index (χ0n) is 17.8. The summed E-state index contributed by atoms with van der Waals surface area (Å²) in [6.45, 7) is 2.58. The standard InChI is InChI=1S/C20H24N2O4.C2HF3O2/c23-19(11-17-3-1-10-24-17)22-9-2-6-20(15-22)12-18(14-26-20)25-13-16-4-7-21-8-5-16;3-2(4,5)1(6)7/h1,3-5,7-8,10,18H,2,6,9,11-15H2;(H,6,7)/t18-,20+;/m1./s1. The van der Waals surface area contributed by atoms with Crippen molar-refractivity contribution in [3.8, 4) is 0 Å². The van der Waals surface area contributed by atoms with Gasteiger partial charge in [-0.2, -0.15) is 13.2 Å². The molecule has 2 atom stereocenters. The summed E-state index contributed by atoms with van der Waals surface area (Å²) in [6.07, 6.45) is 3.22. The average molecular weight is 470 g/mol. The molecule has 0 aromatic carbocycles. The number of furan rings is 1. The van der Waals surface area contributed by atoms with Gasteiger partial charge in [-0.25, -0.2) is 4.79 Å².